The summed E-state index contributed by atoms with van der Waals surface area (Å²) in [4.78, 5) is 48.0. The van der Waals surface area contributed by atoms with E-state index < -0.39 is 22.4 Å². The van der Waals surface area contributed by atoms with Gasteiger partial charge in [0.25, 0.3) is 11.6 Å². The molecule has 2 aliphatic rings. The molecular weight excluding hydrogens is 420 g/mol. The lowest BCUT2D eigenvalue weighted by molar-refractivity contribution is -0.384. The van der Waals surface area contributed by atoms with E-state index >= 15 is 0 Å². The first kappa shape index (κ1) is 21.1. The molecular formula is C21H20N4O7. The molecule has 32 heavy (non-hydrogen) atoms. The van der Waals surface area contributed by atoms with Crippen molar-refractivity contribution in [3.63, 3.8) is 0 Å². The van der Waals surface area contributed by atoms with Crippen LogP contribution in [0.3, 0.4) is 0 Å². The highest BCUT2D eigenvalue weighted by Crippen LogP contribution is 2.33. The molecule has 0 bridgehead atoms. The van der Waals surface area contributed by atoms with Gasteiger partial charge in [0, 0.05) is 31.6 Å². The second-order valence-corrected chi connectivity index (χ2v) is 7.33. The summed E-state index contributed by atoms with van der Waals surface area (Å²) in [7, 11) is 0. The zero-order valence-electron chi connectivity index (χ0n) is 17.2. The number of nitrogens with one attached hydrogen (secondary N) is 1. The molecule has 2 aromatic carbocycles. The molecule has 0 saturated carbocycles. The van der Waals surface area contributed by atoms with Crippen LogP contribution in [0.1, 0.15) is 29.3 Å². The van der Waals surface area contributed by atoms with Crippen molar-refractivity contribution in [2.24, 2.45) is 0 Å². The Hall–Kier alpha value is -4.15. The van der Waals surface area contributed by atoms with Crippen molar-refractivity contribution in [1.82, 2.24) is 10.0 Å². The molecule has 166 valence electrons. The first-order chi connectivity index (χ1) is 15.3. The van der Waals surface area contributed by atoms with Crippen molar-refractivity contribution < 1.29 is 28.8 Å². The second kappa shape index (κ2) is 8.53. The number of hydrogen-bond donors (Lipinski definition) is 1. The highest BCUT2D eigenvalue weighted by Gasteiger charge is 2.32. The minimum Gasteiger partial charge on any atom is -0.454 e. The predicted octanol–water partition coefficient (Wildman–Crippen LogP) is 2.11. The summed E-state index contributed by atoms with van der Waals surface area (Å²) in [6.45, 7) is 2.04. The number of hydrogen-bond acceptors (Lipinski definition) is 7. The summed E-state index contributed by atoms with van der Waals surface area (Å²) in [5, 5.41) is 16.4. The van der Waals surface area contributed by atoms with Crippen LogP contribution in [0.5, 0.6) is 11.5 Å². The van der Waals surface area contributed by atoms with Crippen molar-refractivity contribution >= 4 is 29.1 Å². The molecule has 0 atom stereocenters. The van der Waals surface area contributed by atoms with E-state index in [1.165, 1.54) is 29.1 Å². The van der Waals surface area contributed by atoms with E-state index in [0.717, 1.165) is 6.07 Å². The van der Waals surface area contributed by atoms with Crippen LogP contribution < -0.4 is 14.8 Å². The third-order valence-electron chi connectivity index (χ3n) is 5.10. The summed E-state index contributed by atoms with van der Waals surface area (Å²) < 4.78 is 10.6. The SMILES string of the molecule is CC(=O)Nc1ccc(C(=O)N2CCCN2C(=O)Cc2ccc3c(c2)OCO3)cc1[N+](=O)[O-]. The number of amides is 3. The number of nitro groups is 1. The average Bonchev–Trinajstić information content (AvgIpc) is 3.42. The zero-order chi connectivity index (χ0) is 22.8. The lowest BCUT2D eigenvalue weighted by Crippen LogP contribution is -2.45. The fourth-order valence-electron chi connectivity index (χ4n) is 3.66. The number of hydrazine groups is 1. The highest BCUT2D eigenvalue weighted by molar-refractivity contribution is 5.98. The van der Waals surface area contributed by atoms with Gasteiger partial charge in [-0.2, -0.15) is 0 Å². The fraction of sp³-hybridized carbons (Fsp3) is 0.286. The summed E-state index contributed by atoms with van der Waals surface area (Å²) in [6.07, 6.45) is 0.646. The van der Waals surface area contributed by atoms with Crippen LogP contribution in [0, 0.1) is 10.1 Å². The number of carbonyl (C=O) groups is 3. The number of fused-ring (bicyclic) bond motifs is 1. The van der Waals surface area contributed by atoms with Crippen LogP contribution in [0.15, 0.2) is 36.4 Å². The third kappa shape index (κ3) is 4.17. The number of carbonyl (C=O) groups excluding carboxylic acids is 3. The largest absolute Gasteiger partial charge is 0.454 e. The maximum atomic E-state index is 13.1. The Morgan fingerprint density at radius 3 is 2.56 bits per heavy atom. The number of anilines is 1. The van der Waals surface area contributed by atoms with Gasteiger partial charge in [0.05, 0.1) is 11.3 Å². The highest BCUT2D eigenvalue weighted by atomic mass is 16.7. The van der Waals surface area contributed by atoms with Crippen molar-refractivity contribution in [3.8, 4) is 11.5 Å². The van der Waals surface area contributed by atoms with Gasteiger partial charge < -0.3 is 14.8 Å². The van der Waals surface area contributed by atoms with Gasteiger partial charge in [0.1, 0.15) is 5.69 Å². The van der Waals surface area contributed by atoms with E-state index in [0.29, 0.717) is 36.6 Å². The molecule has 0 unspecified atom stereocenters. The van der Waals surface area contributed by atoms with Gasteiger partial charge in [-0.05, 0) is 36.2 Å². The molecule has 11 nitrogen and oxygen atoms in total. The van der Waals surface area contributed by atoms with E-state index in [4.69, 9.17) is 9.47 Å². The number of nitrogens with zero attached hydrogens (tertiary/aromatic N) is 3. The van der Waals surface area contributed by atoms with Crippen LogP contribution in [0.4, 0.5) is 11.4 Å². The summed E-state index contributed by atoms with van der Waals surface area (Å²) in [6, 6.07) is 9.02. The Morgan fingerprint density at radius 1 is 1.06 bits per heavy atom. The van der Waals surface area contributed by atoms with E-state index in [2.05, 4.69) is 5.32 Å². The Kier molecular flexibility index (Phi) is 5.63. The molecule has 0 aromatic heterocycles. The minimum absolute atomic E-state index is 0.00351. The number of rotatable bonds is 5. The molecule has 2 aromatic rings. The third-order valence-corrected chi connectivity index (χ3v) is 5.10. The second-order valence-electron chi connectivity index (χ2n) is 7.33. The maximum absolute atomic E-state index is 13.1. The molecule has 0 radical (unpaired) electrons. The van der Waals surface area contributed by atoms with Gasteiger partial charge in [0.15, 0.2) is 11.5 Å². The van der Waals surface area contributed by atoms with Gasteiger partial charge in [-0.25, -0.2) is 5.01 Å². The Balaban J connectivity index is 1.52. The van der Waals surface area contributed by atoms with Crippen molar-refractivity contribution in [1.29, 1.82) is 0 Å². The van der Waals surface area contributed by atoms with Crippen LogP contribution in [0.2, 0.25) is 0 Å². The first-order valence-electron chi connectivity index (χ1n) is 9.90. The number of nitro benzene ring substituents is 1. The number of ether oxygens (including phenoxy) is 2. The van der Waals surface area contributed by atoms with E-state index in [1.807, 2.05) is 0 Å². The molecule has 2 aliphatic heterocycles. The fourth-order valence-corrected chi connectivity index (χ4v) is 3.66. The van der Waals surface area contributed by atoms with Gasteiger partial charge in [-0.3, -0.25) is 29.5 Å². The van der Waals surface area contributed by atoms with E-state index in [9.17, 15) is 24.5 Å². The summed E-state index contributed by atoms with van der Waals surface area (Å²) in [5.41, 5.74) is 0.363. The van der Waals surface area contributed by atoms with Crippen LogP contribution in [-0.4, -0.2) is 52.5 Å². The van der Waals surface area contributed by atoms with Gasteiger partial charge >= 0.3 is 0 Å². The van der Waals surface area contributed by atoms with Gasteiger partial charge in [-0.15, -0.1) is 0 Å². The minimum atomic E-state index is -0.672. The summed E-state index contributed by atoms with van der Waals surface area (Å²) in [5.74, 6) is -0.0928. The Bertz CT molecular complexity index is 1120. The quantitative estimate of drug-likeness (QED) is 0.556. The first-order valence-corrected chi connectivity index (χ1v) is 9.90. The molecule has 1 N–H and O–H groups in total. The lowest BCUT2D eigenvalue weighted by atomic mass is 10.1. The molecule has 11 heteroatoms. The van der Waals surface area contributed by atoms with Crippen molar-refractivity contribution in [3.05, 3.63) is 57.6 Å². The van der Waals surface area contributed by atoms with Crippen LogP contribution >= 0.6 is 0 Å². The van der Waals surface area contributed by atoms with Crippen molar-refractivity contribution in [2.75, 3.05) is 25.2 Å². The maximum Gasteiger partial charge on any atom is 0.293 e. The molecule has 0 spiro atoms. The zero-order valence-corrected chi connectivity index (χ0v) is 17.2. The molecule has 3 amide bonds. The standard InChI is InChI=1S/C21H20N4O7/c1-13(26)22-16-5-4-15(11-17(16)25(29)30)21(28)24-8-2-7-23(24)20(27)10-14-3-6-18-19(9-14)32-12-31-18/h3-6,9,11H,2,7-8,10,12H2,1H3,(H,22,26). The normalized spacial score (nSPS) is 14.4. The lowest BCUT2D eigenvalue weighted by Gasteiger charge is -2.28. The van der Waals surface area contributed by atoms with Crippen molar-refractivity contribution in [2.45, 2.75) is 19.8 Å². The topological polar surface area (TPSA) is 131 Å². The monoisotopic (exact) mass is 440 g/mol. The van der Waals surface area contributed by atoms with Gasteiger partial charge in [-0.1, -0.05) is 6.07 Å². The van der Waals surface area contributed by atoms with E-state index in [1.54, 1.807) is 18.2 Å². The smallest absolute Gasteiger partial charge is 0.293 e. The summed E-state index contributed by atoms with van der Waals surface area (Å²) >= 11 is 0. The molecule has 4 rings (SSSR count). The molecule has 2 heterocycles. The Labute approximate surface area is 182 Å². The van der Waals surface area contributed by atoms with Crippen LogP contribution in [-0.2, 0) is 16.0 Å². The number of benzene rings is 2. The molecule has 1 fully saturated rings. The molecule has 1 saturated heterocycles. The molecule has 0 aliphatic carbocycles. The van der Waals surface area contributed by atoms with Gasteiger partial charge in [0.2, 0.25) is 18.6 Å². The Morgan fingerprint density at radius 2 is 1.81 bits per heavy atom. The predicted molar refractivity (Wildman–Crippen MR) is 111 cm³/mol. The van der Waals surface area contributed by atoms with Crippen LogP contribution in [0.25, 0.3) is 0 Å². The van der Waals surface area contributed by atoms with E-state index in [-0.39, 0.29) is 30.4 Å². The average molecular weight is 440 g/mol.